The molecule has 0 aliphatic heterocycles. The summed E-state index contributed by atoms with van der Waals surface area (Å²) in [6.45, 7) is 1.95. The molecule has 1 amide bonds. The van der Waals surface area contributed by atoms with E-state index in [1.165, 1.54) is 13.5 Å². The number of carbonyl (C=O) groups excluding carboxylic acids is 2. The van der Waals surface area contributed by atoms with E-state index in [1.54, 1.807) is 24.3 Å². The summed E-state index contributed by atoms with van der Waals surface area (Å²) >= 11 is 0. The number of hydrogen-bond donors (Lipinski definition) is 1. The minimum atomic E-state index is -0.532. The number of esters is 1. The molecule has 6 nitrogen and oxygen atoms in total. The Morgan fingerprint density at radius 1 is 1.12 bits per heavy atom. The van der Waals surface area contributed by atoms with Gasteiger partial charge in [-0.15, -0.1) is 0 Å². The van der Waals surface area contributed by atoms with Crippen LogP contribution in [0.1, 0.15) is 26.4 Å². The van der Waals surface area contributed by atoms with Gasteiger partial charge in [0.1, 0.15) is 0 Å². The Balaban J connectivity index is 1.92. The second-order valence-electron chi connectivity index (χ2n) is 5.39. The van der Waals surface area contributed by atoms with Crippen LogP contribution in [0.2, 0.25) is 0 Å². The molecular formula is C19H16N2O4. The zero-order chi connectivity index (χ0) is 17.8. The van der Waals surface area contributed by atoms with E-state index in [4.69, 9.17) is 9.15 Å². The second-order valence-corrected chi connectivity index (χ2v) is 5.39. The number of oxazole rings is 1. The molecule has 0 bridgehead atoms. The minimum absolute atomic E-state index is 0.144. The van der Waals surface area contributed by atoms with Crippen LogP contribution in [0.5, 0.6) is 0 Å². The van der Waals surface area contributed by atoms with E-state index in [9.17, 15) is 9.59 Å². The third kappa shape index (κ3) is 3.42. The number of nitrogens with zero attached hydrogens (tertiary/aromatic N) is 1. The Bertz CT molecular complexity index is 930. The van der Waals surface area contributed by atoms with Gasteiger partial charge in [0.15, 0.2) is 17.8 Å². The smallest absolute Gasteiger partial charge is 0.339 e. The van der Waals surface area contributed by atoms with Crippen LogP contribution in [-0.4, -0.2) is 24.0 Å². The van der Waals surface area contributed by atoms with Crippen molar-refractivity contribution >= 4 is 17.6 Å². The van der Waals surface area contributed by atoms with Gasteiger partial charge in [0.05, 0.1) is 18.4 Å². The van der Waals surface area contributed by atoms with E-state index in [0.29, 0.717) is 11.4 Å². The lowest BCUT2D eigenvalue weighted by atomic mass is 10.1. The molecule has 3 rings (SSSR count). The number of carbonyl (C=O) groups is 2. The summed E-state index contributed by atoms with van der Waals surface area (Å²) in [5.41, 5.74) is 2.54. The molecule has 2 aromatic carbocycles. The van der Waals surface area contributed by atoms with Gasteiger partial charge in [0.2, 0.25) is 0 Å². The molecule has 25 heavy (non-hydrogen) atoms. The predicted octanol–water partition coefficient (Wildman–Crippen LogP) is 3.69. The van der Waals surface area contributed by atoms with Gasteiger partial charge >= 0.3 is 5.97 Å². The largest absolute Gasteiger partial charge is 0.465 e. The number of para-hydroxylation sites is 1. The highest BCUT2D eigenvalue weighted by molar-refractivity contribution is 6.09. The number of aryl methyl sites for hydroxylation is 1. The molecule has 0 aliphatic rings. The van der Waals surface area contributed by atoms with Gasteiger partial charge in [-0.3, -0.25) is 4.79 Å². The van der Waals surface area contributed by atoms with Crippen molar-refractivity contribution in [2.75, 3.05) is 12.4 Å². The highest BCUT2D eigenvalue weighted by Gasteiger charge is 2.20. The van der Waals surface area contributed by atoms with Crippen molar-refractivity contribution in [2.24, 2.45) is 0 Å². The fourth-order valence-corrected chi connectivity index (χ4v) is 2.46. The molecule has 0 saturated heterocycles. The minimum Gasteiger partial charge on any atom is -0.465 e. The Kier molecular flexibility index (Phi) is 4.61. The van der Waals surface area contributed by atoms with E-state index >= 15 is 0 Å². The van der Waals surface area contributed by atoms with Crippen molar-refractivity contribution in [1.82, 2.24) is 4.98 Å². The van der Waals surface area contributed by atoms with Crippen LogP contribution in [0, 0.1) is 6.92 Å². The van der Waals surface area contributed by atoms with Crippen molar-refractivity contribution in [1.29, 1.82) is 0 Å². The lowest BCUT2D eigenvalue weighted by molar-refractivity contribution is 0.0602. The Labute approximate surface area is 144 Å². The molecule has 0 aliphatic carbocycles. The first kappa shape index (κ1) is 16.4. The Morgan fingerprint density at radius 2 is 1.92 bits per heavy atom. The molecule has 0 atom stereocenters. The lowest BCUT2D eigenvalue weighted by Crippen LogP contribution is -2.16. The molecule has 0 spiro atoms. The van der Waals surface area contributed by atoms with E-state index < -0.39 is 11.9 Å². The number of rotatable bonds is 4. The van der Waals surface area contributed by atoms with Gasteiger partial charge in [0.25, 0.3) is 5.91 Å². The average Bonchev–Trinajstić information content (AvgIpc) is 3.11. The maximum atomic E-state index is 12.6. The standard InChI is InChI=1S/C19H16N2O4/c1-12-6-5-7-13(10-12)17-16(20-11-25-17)18(22)21-15-9-4-3-8-14(15)19(23)24-2/h3-11H,1-2H3,(H,21,22). The first-order chi connectivity index (χ1) is 12.1. The van der Waals surface area contributed by atoms with E-state index in [1.807, 2.05) is 31.2 Å². The lowest BCUT2D eigenvalue weighted by Gasteiger charge is -2.09. The van der Waals surface area contributed by atoms with Gasteiger partial charge in [-0.25, -0.2) is 9.78 Å². The maximum Gasteiger partial charge on any atom is 0.339 e. The van der Waals surface area contributed by atoms with Crippen molar-refractivity contribution in [2.45, 2.75) is 6.92 Å². The van der Waals surface area contributed by atoms with Crippen LogP contribution in [-0.2, 0) is 4.74 Å². The molecule has 0 unspecified atom stereocenters. The highest BCUT2D eigenvalue weighted by Crippen LogP contribution is 2.25. The molecule has 1 N–H and O–H groups in total. The van der Waals surface area contributed by atoms with Crippen molar-refractivity contribution in [3.63, 3.8) is 0 Å². The summed E-state index contributed by atoms with van der Waals surface area (Å²) in [6, 6.07) is 14.2. The molecule has 126 valence electrons. The maximum absolute atomic E-state index is 12.6. The average molecular weight is 336 g/mol. The quantitative estimate of drug-likeness (QED) is 0.735. The fraction of sp³-hybridized carbons (Fsp3) is 0.105. The van der Waals surface area contributed by atoms with Crippen LogP contribution in [0.4, 0.5) is 5.69 Å². The molecule has 0 saturated carbocycles. The number of ether oxygens (including phenoxy) is 1. The third-order valence-electron chi connectivity index (χ3n) is 3.64. The summed E-state index contributed by atoms with van der Waals surface area (Å²) in [7, 11) is 1.29. The molecule has 0 fully saturated rings. The van der Waals surface area contributed by atoms with Gasteiger partial charge in [0, 0.05) is 5.56 Å². The number of aromatic nitrogens is 1. The van der Waals surface area contributed by atoms with Crippen LogP contribution < -0.4 is 5.32 Å². The van der Waals surface area contributed by atoms with Gasteiger partial charge in [-0.1, -0.05) is 35.9 Å². The fourth-order valence-electron chi connectivity index (χ4n) is 2.46. The van der Waals surface area contributed by atoms with Crippen LogP contribution in [0.3, 0.4) is 0 Å². The summed E-state index contributed by atoms with van der Waals surface area (Å²) in [5, 5.41) is 2.69. The monoisotopic (exact) mass is 336 g/mol. The van der Waals surface area contributed by atoms with Gasteiger partial charge in [-0.2, -0.15) is 0 Å². The van der Waals surface area contributed by atoms with Crippen molar-refractivity contribution in [3.8, 4) is 11.3 Å². The SMILES string of the molecule is COC(=O)c1ccccc1NC(=O)c1ncoc1-c1cccc(C)c1. The summed E-state index contributed by atoms with van der Waals surface area (Å²) in [5.74, 6) is -0.631. The van der Waals surface area contributed by atoms with Crippen LogP contribution in [0.25, 0.3) is 11.3 Å². The first-order valence-electron chi connectivity index (χ1n) is 7.59. The number of amides is 1. The summed E-state index contributed by atoms with van der Waals surface area (Å²) < 4.78 is 10.1. The number of methoxy groups -OCH3 is 1. The molecule has 6 heteroatoms. The zero-order valence-corrected chi connectivity index (χ0v) is 13.8. The highest BCUT2D eigenvalue weighted by atomic mass is 16.5. The number of hydrogen-bond acceptors (Lipinski definition) is 5. The number of nitrogens with one attached hydrogen (secondary N) is 1. The summed E-state index contributed by atoms with van der Waals surface area (Å²) in [6.07, 6.45) is 1.22. The molecule has 1 heterocycles. The van der Waals surface area contributed by atoms with E-state index in [0.717, 1.165) is 11.1 Å². The first-order valence-corrected chi connectivity index (χ1v) is 7.59. The second kappa shape index (κ2) is 7.00. The van der Waals surface area contributed by atoms with Crippen molar-refractivity contribution in [3.05, 3.63) is 71.7 Å². The zero-order valence-electron chi connectivity index (χ0n) is 13.8. The molecule has 1 aromatic heterocycles. The number of benzene rings is 2. The Morgan fingerprint density at radius 3 is 2.68 bits per heavy atom. The molecular weight excluding hydrogens is 320 g/mol. The van der Waals surface area contributed by atoms with Gasteiger partial charge in [-0.05, 0) is 25.1 Å². The van der Waals surface area contributed by atoms with Crippen molar-refractivity contribution < 1.29 is 18.7 Å². The normalized spacial score (nSPS) is 10.3. The topological polar surface area (TPSA) is 81.4 Å². The summed E-state index contributed by atoms with van der Waals surface area (Å²) in [4.78, 5) is 28.5. The third-order valence-corrected chi connectivity index (χ3v) is 3.64. The van der Waals surface area contributed by atoms with Gasteiger partial charge < -0.3 is 14.5 Å². The van der Waals surface area contributed by atoms with E-state index in [2.05, 4.69) is 10.3 Å². The molecule has 0 radical (unpaired) electrons. The Hall–Kier alpha value is -3.41. The predicted molar refractivity (Wildman–Crippen MR) is 92.4 cm³/mol. The number of anilines is 1. The van der Waals surface area contributed by atoms with Crippen LogP contribution in [0.15, 0.2) is 59.3 Å². The van der Waals surface area contributed by atoms with Crippen LogP contribution >= 0.6 is 0 Å². The van der Waals surface area contributed by atoms with E-state index in [-0.39, 0.29) is 11.3 Å². The molecule has 3 aromatic rings.